The smallest absolute Gasteiger partial charge is 0.0522 e. The molecule has 0 fully saturated rings. The molecule has 0 spiro atoms. The molecule has 0 aliphatic heterocycles. The Morgan fingerprint density at radius 2 is 2.10 bits per heavy atom. The molecule has 0 saturated carbocycles. The maximum Gasteiger partial charge on any atom is 0.0522 e. The highest BCUT2D eigenvalue weighted by Crippen LogP contribution is 2.27. The Bertz CT molecular complexity index is 552. The van der Waals surface area contributed by atoms with Crippen molar-refractivity contribution in [2.24, 2.45) is 0 Å². The molecule has 2 nitrogen and oxygen atoms in total. The van der Waals surface area contributed by atoms with Crippen LogP contribution >= 0.6 is 27.3 Å². The fraction of sp³-hybridized carbons (Fsp3) is 0.412. The van der Waals surface area contributed by atoms with Gasteiger partial charge in [-0.3, -0.25) is 0 Å². The van der Waals surface area contributed by atoms with Crippen LogP contribution in [0, 0.1) is 0 Å². The maximum atomic E-state index is 3.59. The van der Waals surface area contributed by atoms with E-state index in [4.69, 9.17) is 0 Å². The molecule has 2 aromatic rings. The van der Waals surface area contributed by atoms with Crippen molar-refractivity contribution in [3.8, 4) is 0 Å². The summed E-state index contributed by atoms with van der Waals surface area (Å²) in [5.74, 6) is 0. The zero-order valence-corrected chi connectivity index (χ0v) is 15.3. The lowest BCUT2D eigenvalue weighted by molar-refractivity contribution is 0.587. The summed E-state index contributed by atoms with van der Waals surface area (Å²) in [5, 5.41) is 5.67. The molecule has 1 N–H and O–H groups in total. The van der Waals surface area contributed by atoms with Crippen LogP contribution in [0.3, 0.4) is 0 Å². The summed E-state index contributed by atoms with van der Waals surface area (Å²) in [4.78, 5) is 3.85. The first-order chi connectivity index (χ1) is 10.1. The highest BCUT2D eigenvalue weighted by Gasteiger charge is 2.12. The quantitative estimate of drug-likeness (QED) is 0.738. The van der Waals surface area contributed by atoms with E-state index in [1.807, 2.05) is 11.3 Å². The van der Waals surface area contributed by atoms with Crippen LogP contribution in [-0.2, 0) is 13.1 Å². The molecule has 1 heterocycles. The van der Waals surface area contributed by atoms with Crippen LogP contribution in [-0.4, -0.2) is 12.6 Å². The molecule has 0 radical (unpaired) electrons. The van der Waals surface area contributed by atoms with Gasteiger partial charge in [0, 0.05) is 34.2 Å². The lowest BCUT2D eigenvalue weighted by Crippen LogP contribution is -2.26. The minimum absolute atomic E-state index is 0.490. The molecule has 0 bridgehead atoms. The van der Waals surface area contributed by atoms with Crippen molar-refractivity contribution in [3.63, 3.8) is 0 Å². The summed E-state index contributed by atoms with van der Waals surface area (Å²) in [5.41, 5.74) is 2.67. The van der Waals surface area contributed by atoms with Gasteiger partial charge in [0.05, 0.1) is 6.54 Å². The first-order valence-corrected chi connectivity index (χ1v) is 9.06. The monoisotopic (exact) mass is 366 g/mol. The molecule has 0 aliphatic carbocycles. The maximum absolute atomic E-state index is 3.59. The van der Waals surface area contributed by atoms with Gasteiger partial charge in [0.2, 0.25) is 0 Å². The molecule has 0 unspecified atom stereocenters. The molecule has 1 aromatic carbocycles. The third kappa shape index (κ3) is 4.83. The van der Waals surface area contributed by atoms with Crippen LogP contribution < -0.4 is 10.2 Å². The van der Waals surface area contributed by atoms with Gasteiger partial charge in [0.25, 0.3) is 0 Å². The normalized spacial score (nSPS) is 11.1. The van der Waals surface area contributed by atoms with Gasteiger partial charge < -0.3 is 10.2 Å². The number of anilines is 1. The summed E-state index contributed by atoms with van der Waals surface area (Å²) in [6.07, 6.45) is 0. The highest BCUT2D eigenvalue weighted by atomic mass is 79.9. The Kier molecular flexibility index (Phi) is 6.27. The van der Waals surface area contributed by atoms with Crippen LogP contribution in [0.5, 0.6) is 0 Å². The van der Waals surface area contributed by atoms with Gasteiger partial charge in [0.15, 0.2) is 0 Å². The van der Waals surface area contributed by atoms with Gasteiger partial charge in [-0.1, -0.05) is 35.8 Å². The molecule has 0 atom stereocenters. The van der Waals surface area contributed by atoms with E-state index in [1.54, 1.807) is 0 Å². The number of nitrogens with one attached hydrogen (secondary N) is 1. The Morgan fingerprint density at radius 1 is 1.29 bits per heavy atom. The lowest BCUT2D eigenvalue weighted by Gasteiger charge is -2.26. The molecule has 4 heteroatoms. The molecule has 2 rings (SSSR count). The van der Waals surface area contributed by atoms with Crippen molar-refractivity contribution >= 4 is 33.0 Å². The largest absolute Gasteiger partial charge is 0.366 e. The Balaban J connectivity index is 2.22. The Morgan fingerprint density at radius 3 is 2.71 bits per heavy atom. The highest BCUT2D eigenvalue weighted by molar-refractivity contribution is 9.10. The number of rotatable bonds is 7. The van der Waals surface area contributed by atoms with E-state index in [1.165, 1.54) is 16.1 Å². The number of nitrogens with zero attached hydrogens (tertiary/aromatic N) is 1. The SMILES string of the molecule is CCN(Cc1cccs1)c1ccc(Br)cc1CNC(C)C. The molecular formula is C17H23BrN2S. The average Bonchev–Trinajstić information content (AvgIpc) is 2.96. The predicted octanol–water partition coefficient (Wildman–Crippen LogP) is 5.04. The molecule has 114 valence electrons. The second-order valence-corrected chi connectivity index (χ2v) is 7.35. The Labute approximate surface area is 140 Å². The zero-order valence-electron chi connectivity index (χ0n) is 12.9. The van der Waals surface area contributed by atoms with Gasteiger partial charge in [-0.05, 0) is 42.1 Å². The van der Waals surface area contributed by atoms with E-state index in [9.17, 15) is 0 Å². The predicted molar refractivity (Wildman–Crippen MR) is 97.2 cm³/mol. The third-order valence-electron chi connectivity index (χ3n) is 3.39. The van der Waals surface area contributed by atoms with E-state index in [0.717, 1.165) is 24.1 Å². The minimum atomic E-state index is 0.490. The first-order valence-electron chi connectivity index (χ1n) is 7.39. The standard InChI is InChI=1S/C17H23BrN2S/c1-4-20(12-16-6-5-9-21-16)17-8-7-15(18)10-14(17)11-19-13(2)3/h5-10,13,19H,4,11-12H2,1-3H3. The average molecular weight is 367 g/mol. The topological polar surface area (TPSA) is 15.3 Å². The number of hydrogen-bond donors (Lipinski definition) is 1. The fourth-order valence-corrected chi connectivity index (χ4v) is 3.40. The number of benzene rings is 1. The van der Waals surface area contributed by atoms with Gasteiger partial charge in [-0.2, -0.15) is 0 Å². The van der Waals surface area contributed by atoms with Crippen LogP contribution in [0.2, 0.25) is 0 Å². The zero-order chi connectivity index (χ0) is 15.2. The first kappa shape index (κ1) is 16.5. The number of hydrogen-bond acceptors (Lipinski definition) is 3. The van der Waals surface area contributed by atoms with E-state index in [-0.39, 0.29) is 0 Å². The Hall–Kier alpha value is -0.840. The van der Waals surface area contributed by atoms with E-state index in [2.05, 4.69) is 82.6 Å². The molecule has 0 aliphatic rings. The van der Waals surface area contributed by atoms with Crippen molar-refractivity contribution in [2.75, 3.05) is 11.4 Å². The summed E-state index contributed by atoms with van der Waals surface area (Å²) < 4.78 is 1.14. The van der Waals surface area contributed by atoms with Gasteiger partial charge in [-0.25, -0.2) is 0 Å². The van der Waals surface area contributed by atoms with Crippen molar-refractivity contribution < 1.29 is 0 Å². The van der Waals surface area contributed by atoms with Gasteiger partial charge >= 0.3 is 0 Å². The van der Waals surface area contributed by atoms with Crippen molar-refractivity contribution in [1.82, 2.24) is 5.32 Å². The molecular weight excluding hydrogens is 344 g/mol. The van der Waals surface area contributed by atoms with Crippen LogP contribution in [0.1, 0.15) is 31.2 Å². The van der Waals surface area contributed by atoms with E-state index >= 15 is 0 Å². The number of halogens is 1. The van der Waals surface area contributed by atoms with Crippen LogP contribution in [0.25, 0.3) is 0 Å². The van der Waals surface area contributed by atoms with Crippen molar-refractivity contribution in [2.45, 2.75) is 39.9 Å². The molecule has 0 amide bonds. The lowest BCUT2D eigenvalue weighted by atomic mass is 10.1. The molecule has 0 saturated heterocycles. The second kappa shape index (κ2) is 7.97. The summed E-state index contributed by atoms with van der Waals surface area (Å²) in [7, 11) is 0. The molecule has 1 aromatic heterocycles. The minimum Gasteiger partial charge on any atom is -0.366 e. The summed E-state index contributed by atoms with van der Waals surface area (Å²) in [6, 6.07) is 11.4. The van der Waals surface area contributed by atoms with Crippen molar-refractivity contribution in [1.29, 1.82) is 0 Å². The van der Waals surface area contributed by atoms with E-state index < -0.39 is 0 Å². The molecule has 21 heavy (non-hydrogen) atoms. The van der Waals surface area contributed by atoms with Crippen molar-refractivity contribution in [3.05, 3.63) is 50.6 Å². The van der Waals surface area contributed by atoms with Gasteiger partial charge in [0.1, 0.15) is 0 Å². The van der Waals surface area contributed by atoms with E-state index in [0.29, 0.717) is 6.04 Å². The van der Waals surface area contributed by atoms with Crippen LogP contribution in [0.15, 0.2) is 40.2 Å². The fourth-order valence-electron chi connectivity index (χ4n) is 2.28. The summed E-state index contributed by atoms with van der Waals surface area (Å²) >= 11 is 5.41. The summed E-state index contributed by atoms with van der Waals surface area (Å²) in [6.45, 7) is 9.46. The number of thiophene rings is 1. The third-order valence-corrected chi connectivity index (χ3v) is 4.75. The van der Waals surface area contributed by atoms with Crippen LogP contribution in [0.4, 0.5) is 5.69 Å². The van der Waals surface area contributed by atoms with Gasteiger partial charge in [-0.15, -0.1) is 11.3 Å². The second-order valence-electron chi connectivity index (χ2n) is 5.40.